The van der Waals surface area contributed by atoms with E-state index in [1.165, 1.54) is 6.07 Å². The first-order valence-electron chi connectivity index (χ1n) is 6.34. The number of amides is 1. The second kappa shape index (κ2) is 7.21. The predicted octanol–water partition coefficient (Wildman–Crippen LogP) is 1.81. The van der Waals surface area contributed by atoms with Gasteiger partial charge < -0.3 is 10.6 Å². The van der Waals surface area contributed by atoms with Crippen LogP contribution in [0.5, 0.6) is 0 Å². The highest BCUT2D eigenvalue weighted by Crippen LogP contribution is 2.19. The number of halogens is 1. The standard InChI is InChI=1S/C13H17N3O3.ClH/c1-9-4-5-10(7-12(9)16(18)19)13(17)15-11-3-2-6-14-8-11;/h4-5,7,11,14H,2-3,6,8H2,1H3,(H,15,17);1H/t11-;/m1./s1. The van der Waals surface area contributed by atoms with Crippen molar-refractivity contribution < 1.29 is 9.72 Å². The molecule has 0 radical (unpaired) electrons. The zero-order valence-corrected chi connectivity index (χ0v) is 12.0. The molecule has 0 aromatic heterocycles. The minimum atomic E-state index is -0.464. The van der Waals surface area contributed by atoms with Crippen molar-refractivity contribution in [3.63, 3.8) is 0 Å². The van der Waals surface area contributed by atoms with Crippen molar-refractivity contribution in [2.45, 2.75) is 25.8 Å². The van der Waals surface area contributed by atoms with E-state index in [9.17, 15) is 14.9 Å². The number of carbonyl (C=O) groups excluding carboxylic acids is 1. The van der Waals surface area contributed by atoms with E-state index in [2.05, 4.69) is 10.6 Å². The third kappa shape index (κ3) is 3.91. The number of hydrogen-bond donors (Lipinski definition) is 2. The summed E-state index contributed by atoms with van der Waals surface area (Å²) >= 11 is 0. The van der Waals surface area contributed by atoms with Crippen molar-refractivity contribution in [2.24, 2.45) is 0 Å². The average molecular weight is 300 g/mol. The van der Waals surface area contributed by atoms with Gasteiger partial charge in [-0.1, -0.05) is 6.07 Å². The molecule has 1 amide bonds. The summed E-state index contributed by atoms with van der Waals surface area (Å²) in [5.74, 6) is -0.253. The zero-order valence-electron chi connectivity index (χ0n) is 11.2. The van der Waals surface area contributed by atoms with Crippen molar-refractivity contribution in [2.75, 3.05) is 13.1 Å². The summed E-state index contributed by atoms with van der Waals surface area (Å²) in [5, 5.41) is 17.0. The first-order chi connectivity index (χ1) is 9.08. The molecule has 1 saturated heterocycles. The van der Waals surface area contributed by atoms with Crippen LogP contribution in [0.15, 0.2) is 18.2 Å². The van der Waals surface area contributed by atoms with Crippen LogP contribution in [0.4, 0.5) is 5.69 Å². The lowest BCUT2D eigenvalue weighted by Gasteiger charge is -2.23. The highest BCUT2D eigenvalue weighted by Gasteiger charge is 2.19. The number of piperidine rings is 1. The zero-order chi connectivity index (χ0) is 13.8. The summed E-state index contributed by atoms with van der Waals surface area (Å²) in [5.41, 5.74) is 0.873. The molecular formula is C13H18ClN3O3. The molecule has 0 spiro atoms. The average Bonchev–Trinajstić information content (AvgIpc) is 2.40. The van der Waals surface area contributed by atoms with Crippen LogP contribution in [0.25, 0.3) is 0 Å². The number of nitrogens with zero attached hydrogens (tertiary/aromatic N) is 1. The van der Waals surface area contributed by atoms with Crippen LogP contribution in [0.2, 0.25) is 0 Å². The normalized spacial score (nSPS) is 17.9. The van der Waals surface area contributed by atoms with Gasteiger partial charge >= 0.3 is 0 Å². The second-order valence-electron chi connectivity index (χ2n) is 4.78. The molecule has 1 fully saturated rings. The molecule has 0 bridgehead atoms. The quantitative estimate of drug-likeness (QED) is 0.658. The van der Waals surface area contributed by atoms with Crippen molar-refractivity contribution in [1.29, 1.82) is 0 Å². The van der Waals surface area contributed by atoms with Crippen molar-refractivity contribution >= 4 is 24.0 Å². The van der Waals surface area contributed by atoms with Crippen LogP contribution < -0.4 is 10.6 Å². The fourth-order valence-corrected chi connectivity index (χ4v) is 2.19. The summed E-state index contributed by atoms with van der Waals surface area (Å²) < 4.78 is 0. The molecule has 110 valence electrons. The number of benzene rings is 1. The van der Waals surface area contributed by atoms with Gasteiger partial charge in [0, 0.05) is 29.8 Å². The lowest BCUT2D eigenvalue weighted by molar-refractivity contribution is -0.385. The van der Waals surface area contributed by atoms with Crippen molar-refractivity contribution in [3.8, 4) is 0 Å². The van der Waals surface area contributed by atoms with Crippen LogP contribution in [-0.2, 0) is 0 Å². The molecule has 20 heavy (non-hydrogen) atoms. The number of carbonyl (C=O) groups is 1. The van der Waals surface area contributed by atoms with Gasteiger partial charge in [-0.3, -0.25) is 14.9 Å². The molecule has 1 aromatic rings. The molecule has 0 aliphatic carbocycles. The molecule has 1 heterocycles. The molecule has 0 saturated carbocycles. The molecule has 6 nitrogen and oxygen atoms in total. The Kier molecular flexibility index (Phi) is 5.91. The maximum Gasteiger partial charge on any atom is 0.273 e. The lowest BCUT2D eigenvalue weighted by Crippen LogP contribution is -2.45. The Morgan fingerprint density at radius 2 is 2.25 bits per heavy atom. The third-order valence-electron chi connectivity index (χ3n) is 3.30. The highest BCUT2D eigenvalue weighted by molar-refractivity contribution is 5.95. The smallest absolute Gasteiger partial charge is 0.273 e. The second-order valence-corrected chi connectivity index (χ2v) is 4.78. The van der Waals surface area contributed by atoms with Gasteiger partial charge in [-0.25, -0.2) is 0 Å². The Hall–Kier alpha value is -1.66. The van der Waals surface area contributed by atoms with E-state index in [0.717, 1.165) is 25.9 Å². The summed E-state index contributed by atoms with van der Waals surface area (Å²) in [6.45, 7) is 3.38. The van der Waals surface area contributed by atoms with Crippen LogP contribution in [-0.4, -0.2) is 30.0 Å². The van der Waals surface area contributed by atoms with Crippen molar-refractivity contribution in [1.82, 2.24) is 10.6 Å². The van der Waals surface area contributed by atoms with Crippen LogP contribution in [0, 0.1) is 17.0 Å². The van der Waals surface area contributed by atoms with E-state index in [4.69, 9.17) is 0 Å². The summed E-state index contributed by atoms with van der Waals surface area (Å²) in [7, 11) is 0. The van der Waals surface area contributed by atoms with Gasteiger partial charge in [-0.05, 0) is 32.4 Å². The number of nitro groups is 1. The van der Waals surface area contributed by atoms with Gasteiger partial charge in [0.2, 0.25) is 0 Å². The number of nitrogens with one attached hydrogen (secondary N) is 2. The highest BCUT2D eigenvalue weighted by atomic mass is 35.5. The maximum atomic E-state index is 12.0. The molecule has 1 atom stereocenters. The summed E-state index contributed by atoms with van der Waals surface area (Å²) in [6, 6.07) is 4.66. The molecule has 2 N–H and O–H groups in total. The Labute approximate surface area is 123 Å². The lowest BCUT2D eigenvalue weighted by atomic mass is 10.1. The molecule has 1 aliphatic heterocycles. The Balaban J connectivity index is 0.00000200. The van der Waals surface area contributed by atoms with Gasteiger partial charge in [0.1, 0.15) is 0 Å². The molecule has 1 aliphatic rings. The Morgan fingerprint density at radius 3 is 2.85 bits per heavy atom. The SMILES string of the molecule is Cc1ccc(C(=O)N[C@@H]2CCCNC2)cc1[N+](=O)[O-].Cl. The van der Waals surface area contributed by atoms with Crippen molar-refractivity contribution in [3.05, 3.63) is 39.4 Å². The van der Waals surface area contributed by atoms with Gasteiger partial charge in [-0.2, -0.15) is 0 Å². The minimum Gasteiger partial charge on any atom is -0.348 e. The summed E-state index contributed by atoms with van der Waals surface area (Å²) in [4.78, 5) is 22.4. The Bertz CT molecular complexity index is 502. The van der Waals surface area contributed by atoms with E-state index in [1.807, 2.05) is 0 Å². The van der Waals surface area contributed by atoms with Gasteiger partial charge in [0.05, 0.1) is 4.92 Å². The van der Waals surface area contributed by atoms with E-state index in [-0.39, 0.29) is 30.0 Å². The number of hydrogen-bond acceptors (Lipinski definition) is 4. The predicted molar refractivity (Wildman–Crippen MR) is 78.4 cm³/mol. The van der Waals surface area contributed by atoms with E-state index >= 15 is 0 Å². The van der Waals surface area contributed by atoms with E-state index in [1.54, 1.807) is 19.1 Å². The largest absolute Gasteiger partial charge is 0.348 e. The topological polar surface area (TPSA) is 84.3 Å². The van der Waals surface area contributed by atoms with Crippen LogP contribution in [0.3, 0.4) is 0 Å². The monoisotopic (exact) mass is 299 g/mol. The third-order valence-corrected chi connectivity index (χ3v) is 3.30. The van der Waals surface area contributed by atoms with Crippen LogP contribution in [0.1, 0.15) is 28.8 Å². The molecule has 0 unspecified atom stereocenters. The van der Waals surface area contributed by atoms with Gasteiger partial charge in [0.15, 0.2) is 0 Å². The van der Waals surface area contributed by atoms with Gasteiger partial charge in [-0.15, -0.1) is 12.4 Å². The van der Waals surface area contributed by atoms with E-state index < -0.39 is 4.92 Å². The first kappa shape index (κ1) is 16.4. The molecular weight excluding hydrogens is 282 g/mol. The molecule has 1 aromatic carbocycles. The minimum absolute atomic E-state index is 0. The number of aryl methyl sites for hydroxylation is 1. The fraction of sp³-hybridized carbons (Fsp3) is 0.462. The number of rotatable bonds is 3. The first-order valence-corrected chi connectivity index (χ1v) is 6.34. The number of nitro benzene ring substituents is 1. The van der Waals surface area contributed by atoms with Crippen LogP contribution >= 0.6 is 12.4 Å². The molecule has 7 heteroatoms. The van der Waals surface area contributed by atoms with E-state index in [0.29, 0.717) is 11.1 Å². The summed E-state index contributed by atoms with van der Waals surface area (Å²) in [6.07, 6.45) is 1.96. The Morgan fingerprint density at radius 1 is 1.50 bits per heavy atom. The fourth-order valence-electron chi connectivity index (χ4n) is 2.19. The molecule has 2 rings (SSSR count). The van der Waals surface area contributed by atoms with Gasteiger partial charge in [0.25, 0.3) is 11.6 Å². The maximum absolute atomic E-state index is 12.0.